The molecule has 2 amide bonds. The maximum Gasteiger partial charge on any atom is 0.300 e. The number of hydrogen-bond acceptors (Lipinski definition) is 4. The number of carbonyl (C=O) groups is 4. The number of carboxylic acids is 2. The lowest BCUT2D eigenvalue weighted by Crippen LogP contribution is -2.27. The molecule has 0 aliphatic heterocycles. The Balaban J connectivity index is -0.0000000883. The van der Waals surface area contributed by atoms with Gasteiger partial charge in [0.05, 0.1) is 0 Å². The molecule has 0 aromatic rings. The van der Waals surface area contributed by atoms with Crippen molar-refractivity contribution in [3.63, 3.8) is 0 Å². The SMILES string of the molecule is CC(=O)NC(C)C.CC(=O)O.CC(=O)O.CNC(C)=O. The van der Waals surface area contributed by atoms with Crippen LogP contribution in [0, 0.1) is 0 Å². The first kappa shape index (κ1) is 26.4. The first-order valence-corrected chi connectivity index (χ1v) is 5.71. The molecular weight excluding hydrogens is 268 g/mol. The molecule has 4 N–H and O–H groups in total. The molecule has 120 valence electrons. The predicted octanol–water partition coefficient (Wildman–Crippen LogP) is 0.465. The second kappa shape index (κ2) is 19.2. The molecule has 0 saturated carbocycles. The summed E-state index contributed by atoms with van der Waals surface area (Å²) < 4.78 is 0. The van der Waals surface area contributed by atoms with Crippen LogP contribution in [0.5, 0.6) is 0 Å². The largest absolute Gasteiger partial charge is 0.481 e. The molecule has 0 unspecified atom stereocenters. The van der Waals surface area contributed by atoms with E-state index in [4.69, 9.17) is 19.8 Å². The highest BCUT2D eigenvalue weighted by molar-refractivity contribution is 5.73. The van der Waals surface area contributed by atoms with Gasteiger partial charge in [0.15, 0.2) is 0 Å². The van der Waals surface area contributed by atoms with E-state index in [2.05, 4.69) is 10.6 Å². The average Bonchev–Trinajstić information content (AvgIpc) is 2.14. The normalized spacial score (nSPS) is 7.40. The van der Waals surface area contributed by atoms with E-state index in [-0.39, 0.29) is 17.9 Å². The summed E-state index contributed by atoms with van der Waals surface area (Å²) in [6.45, 7) is 9.02. The molecule has 0 bridgehead atoms. The number of nitrogens with one attached hydrogen (secondary N) is 2. The standard InChI is InChI=1S/C5H11NO.C3H7NO.2C2H4O2/c1-4(2)6-5(3)7;1-3(5)4-2;2*1-2(3)4/h4H,1-3H3,(H,6,7);1-2H3,(H,4,5);2*1H3,(H,3,4). The third-order valence-electron chi connectivity index (χ3n) is 0.844. The Morgan fingerprint density at radius 3 is 1.00 bits per heavy atom. The zero-order valence-corrected chi connectivity index (χ0v) is 13.1. The molecule has 0 saturated heterocycles. The highest BCUT2D eigenvalue weighted by atomic mass is 16.4. The van der Waals surface area contributed by atoms with E-state index in [1.165, 1.54) is 13.8 Å². The highest BCUT2D eigenvalue weighted by Crippen LogP contribution is 1.72. The molecular formula is C12H26N2O6. The summed E-state index contributed by atoms with van der Waals surface area (Å²) >= 11 is 0. The van der Waals surface area contributed by atoms with Crippen molar-refractivity contribution in [2.45, 2.75) is 47.6 Å². The van der Waals surface area contributed by atoms with Crippen LogP contribution in [0.2, 0.25) is 0 Å². The molecule has 0 rings (SSSR count). The molecule has 0 fully saturated rings. The number of amides is 2. The van der Waals surface area contributed by atoms with E-state index in [0.29, 0.717) is 0 Å². The van der Waals surface area contributed by atoms with E-state index >= 15 is 0 Å². The van der Waals surface area contributed by atoms with Gasteiger partial charge in [-0.2, -0.15) is 0 Å². The van der Waals surface area contributed by atoms with Gasteiger partial charge in [0.1, 0.15) is 0 Å². The molecule has 0 atom stereocenters. The minimum absolute atomic E-state index is 0.00463. The Labute approximate surface area is 119 Å². The van der Waals surface area contributed by atoms with E-state index in [1.54, 1.807) is 7.05 Å². The molecule has 0 aliphatic rings. The number of rotatable bonds is 1. The Morgan fingerprint density at radius 2 is 1.00 bits per heavy atom. The van der Waals surface area contributed by atoms with Gasteiger partial charge in [-0.25, -0.2) is 0 Å². The van der Waals surface area contributed by atoms with Gasteiger partial charge in [0, 0.05) is 40.8 Å². The highest BCUT2D eigenvalue weighted by Gasteiger charge is 1.91. The summed E-state index contributed by atoms with van der Waals surface area (Å²) in [6, 6.07) is 0.275. The topological polar surface area (TPSA) is 133 Å². The fourth-order valence-corrected chi connectivity index (χ4v) is 0.407. The van der Waals surface area contributed by atoms with Crippen molar-refractivity contribution in [1.82, 2.24) is 10.6 Å². The van der Waals surface area contributed by atoms with Crippen molar-refractivity contribution in [1.29, 1.82) is 0 Å². The lowest BCUT2D eigenvalue weighted by Gasteiger charge is -2.02. The summed E-state index contributed by atoms with van der Waals surface area (Å²) in [7, 11) is 1.60. The fraction of sp³-hybridized carbons (Fsp3) is 0.667. The third kappa shape index (κ3) is 234. The van der Waals surface area contributed by atoms with Gasteiger partial charge in [-0.3, -0.25) is 19.2 Å². The lowest BCUT2D eigenvalue weighted by molar-refractivity contribution is -0.135. The van der Waals surface area contributed by atoms with Crippen LogP contribution in [0.1, 0.15) is 41.5 Å². The molecule has 8 nitrogen and oxygen atoms in total. The van der Waals surface area contributed by atoms with Crippen LogP contribution < -0.4 is 10.6 Å². The second-order valence-corrected chi connectivity index (χ2v) is 3.70. The van der Waals surface area contributed by atoms with E-state index in [1.807, 2.05) is 13.8 Å². The van der Waals surface area contributed by atoms with Crippen LogP contribution in [-0.2, 0) is 19.2 Å². The minimum Gasteiger partial charge on any atom is -0.481 e. The smallest absolute Gasteiger partial charge is 0.300 e. The summed E-state index contributed by atoms with van der Waals surface area (Å²) in [4.78, 5) is 37.8. The Kier molecular flexibility index (Phi) is 25.4. The fourth-order valence-electron chi connectivity index (χ4n) is 0.407. The van der Waals surface area contributed by atoms with Crippen LogP contribution in [0.15, 0.2) is 0 Å². The maximum absolute atomic E-state index is 10.1. The first-order chi connectivity index (χ1) is 8.86. The van der Waals surface area contributed by atoms with Gasteiger partial charge >= 0.3 is 0 Å². The first-order valence-electron chi connectivity index (χ1n) is 5.71. The molecule has 0 aromatic heterocycles. The summed E-state index contributed by atoms with van der Waals surface area (Å²) in [5.74, 6) is -1.62. The van der Waals surface area contributed by atoms with Crippen molar-refractivity contribution in [2.24, 2.45) is 0 Å². The number of aliphatic carboxylic acids is 2. The maximum atomic E-state index is 10.1. The summed E-state index contributed by atoms with van der Waals surface area (Å²) in [5, 5.41) is 19.9. The van der Waals surface area contributed by atoms with Gasteiger partial charge in [0.25, 0.3) is 11.9 Å². The van der Waals surface area contributed by atoms with Crippen LogP contribution in [0.4, 0.5) is 0 Å². The van der Waals surface area contributed by atoms with Crippen molar-refractivity contribution in [2.75, 3.05) is 7.05 Å². The van der Waals surface area contributed by atoms with Gasteiger partial charge in [-0.15, -0.1) is 0 Å². The summed E-state index contributed by atoms with van der Waals surface area (Å²) in [5.41, 5.74) is 0. The monoisotopic (exact) mass is 294 g/mol. The zero-order valence-electron chi connectivity index (χ0n) is 13.1. The van der Waals surface area contributed by atoms with E-state index in [9.17, 15) is 9.59 Å². The Hall–Kier alpha value is -2.12. The van der Waals surface area contributed by atoms with Crippen LogP contribution >= 0.6 is 0 Å². The van der Waals surface area contributed by atoms with Crippen molar-refractivity contribution >= 4 is 23.8 Å². The average molecular weight is 294 g/mol. The van der Waals surface area contributed by atoms with Crippen LogP contribution in [0.3, 0.4) is 0 Å². The molecule has 0 aliphatic carbocycles. The van der Waals surface area contributed by atoms with Crippen molar-refractivity contribution in [3.05, 3.63) is 0 Å². The van der Waals surface area contributed by atoms with Crippen molar-refractivity contribution < 1.29 is 29.4 Å². The van der Waals surface area contributed by atoms with Gasteiger partial charge < -0.3 is 20.8 Å². The summed E-state index contributed by atoms with van der Waals surface area (Å²) in [6.07, 6.45) is 0. The lowest BCUT2D eigenvalue weighted by atomic mass is 10.4. The number of carbonyl (C=O) groups excluding carboxylic acids is 2. The minimum atomic E-state index is -0.833. The van der Waals surface area contributed by atoms with Gasteiger partial charge in [0.2, 0.25) is 11.8 Å². The van der Waals surface area contributed by atoms with Crippen molar-refractivity contribution in [3.8, 4) is 0 Å². The van der Waals surface area contributed by atoms with Crippen LogP contribution in [0.25, 0.3) is 0 Å². The molecule has 8 heteroatoms. The van der Waals surface area contributed by atoms with E-state index in [0.717, 1.165) is 13.8 Å². The Morgan fingerprint density at radius 1 is 0.800 bits per heavy atom. The predicted molar refractivity (Wildman–Crippen MR) is 75.3 cm³/mol. The quantitative estimate of drug-likeness (QED) is 0.555. The van der Waals surface area contributed by atoms with E-state index < -0.39 is 11.9 Å². The number of carboxylic acid groups (broad SMARTS) is 2. The molecule has 0 spiro atoms. The molecule has 0 radical (unpaired) electrons. The third-order valence-corrected chi connectivity index (χ3v) is 0.844. The molecule has 20 heavy (non-hydrogen) atoms. The second-order valence-electron chi connectivity index (χ2n) is 3.70. The Bertz CT molecular complexity index is 270. The molecule has 0 aromatic carbocycles. The molecule has 0 heterocycles. The van der Waals surface area contributed by atoms with Crippen LogP contribution in [-0.4, -0.2) is 47.1 Å². The van der Waals surface area contributed by atoms with Gasteiger partial charge in [-0.05, 0) is 13.8 Å². The number of hydrogen-bond donors (Lipinski definition) is 4. The zero-order chi connectivity index (χ0) is 17.3. The van der Waals surface area contributed by atoms with Gasteiger partial charge in [-0.1, -0.05) is 0 Å².